The van der Waals surface area contributed by atoms with Gasteiger partial charge in [-0.15, -0.1) is 0 Å². The molecule has 194 valence electrons. The molecule has 0 fully saturated rings. The molecule has 0 aliphatic rings. The highest BCUT2D eigenvalue weighted by atomic mass is 16.5. The first kappa shape index (κ1) is 27.3. The molecule has 3 N–H and O–H groups in total. The third-order valence-corrected chi connectivity index (χ3v) is 5.26. The van der Waals surface area contributed by atoms with Gasteiger partial charge in [0.25, 0.3) is 5.91 Å². The number of ether oxygens (including phenoxy) is 2. The summed E-state index contributed by atoms with van der Waals surface area (Å²) in [6.45, 7) is 6.23. The number of amides is 2. The van der Waals surface area contributed by atoms with Gasteiger partial charge < -0.3 is 25.2 Å². The van der Waals surface area contributed by atoms with Crippen molar-refractivity contribution in [2.24, 2.45) is 0 Å². The summed E-state index contributed by atoms with van der Waals surface area (Å²) < 4.78 is 11.0. The first-order chi connectivity index (χ1) is 17.6. The van der Waals surface area contributed by atoms with Crippen LogP contribution in [0.3, 0.4) is 0 Å². The molecule has 0 radical (unpaired) electrons. The third-order valence-electron chi connectivity index (χ3n) is 5.26. The molecule has 37 heavy (non-hydrogen) atoms. The Balaban J connectivity index is 1.50. The molecule has 0 aliphatic carbocycles. The number of nitrogens with one attached hydrogen (secondary N) is 2. The average Bonchev–Trinajstić information content (AvgIpc) is 2.87. The number of carboxylic acids is 1. The number of rotatable bonds is 10. The van der Waals surface area contributed by atoms with Gasteiger partial charge >= 0.3 is 12.1 Å². The SMILES string of the molecule is CC(C)(C)Oc1ccc(C[C@H](NC(=O)c2ccc(CNC(=O)OCc3ccccc3)cc2)C(=O)O)cc1. The summed E-state index contributed by atoms with van der Waals surface area (Å²) in [5.74, 6) is -0.939. The van der Waals surface area contributed by atoms with Gasteiger partial charge in [-0.3, -0.25) is 4.79 Å². The minimum atomic E-state index is -1.13. The lowest BCUT2D eigenvalue weighted by Gasteiger charge is -2.21. The summed E-state index contributed by atoms with van der Waals surface area (Å²) in [7, 11) is 0. The number of hydrogen-bond donors (Lipinski definition) is 3. The number of hydrogen-bond acceptors (Lipinski definition) is 5. The zero-order valence-corrected chi connectivity index (χ0v) is 21.2. The molecule has 0 saturated heterocycles. The quantitative estimate of drug-likeness (QED) is 0.368. The van der Waals surface area contributed by atoms with Crippen molar-refractivity contribution in [1.29, 1.82) is 0 Å². The van der Waals surface area contributed by atoms with Crippen LogP contribution in [0.4, 0.5) is 4.79 Å². The Bertz CT molecular complexity index is 1190. The molecule has 3 rings (SSSR count). The fourth-order valence-corrected chi connectivity index (χ4v) is 3.45. The molecule has 0 aromatic heterocycles. The first-order valence-electron chi connectivity index (χ1n) is 11.9. The van der Waals surface area contributed by atoms with Crippen molar-refractivity contribution in [1.82, 2.24) is 10.6 Å². The van der Waals surface area contributed by atoms with E-state index in [-0.39, 0.29) is 25.2 Å². The van der Waals surface area contributed by atoms with Crippen LogP contribution >= 0.6 is 0 Å². The van der Waals surface area contributed by atoms with E-state index in [0.29, 0.717) is 11.3 Å². The van der Waals surface area contributed by atoms with E-state index in [1.165, 1.54) is 0 Å². The minimum absolute atomic E-state index is 0.129. The maximum absolute atomic E-state index is 12.7. The molecule has 8 heteroatoms. The fourth-order valence-electron chi connectivity index (χ4n) is 3.45. The van der Waals surface area contributed by atoms with Crippen molar-refractivity contribution < 1.29 is 29.0 Å². The van der Waals surface area contributed by atoms with Crippen molar-refractivity contribution in [2.75, 3.05) is 0 Å². The summed E-state index contributed by atoms with van der Waals surface area (Å²) in [5.41, 5.74) is 2.39. The molecule has 0 saturated carbocycles. The van der Waals surface area contributed by atoms with Crippen molar-refractivity contribution in [3.63, 3.8) is 0 Å². The van der Waals surface area contributed by atoms with Crippen LogP contribution in [0.2, 0.25) is 0 Å². The normalized spacial score (nSPS) is 11.8. The summed E-state index contributed by atoms with van der Waals surface area (Å²) >= 11 is 0. The first-order valence-corrected chi connectivity index (χ1v) is 11.9. The zero-order valence-electron chi connectivity index (χ0n) is 21.2. The van der Waals surface area contributed by atoms with Crippen LogP contribution in [0.5, 0.6) is 5.75 Å². The third kappa shape index (κ3) is 9.33. The largest absolute Gasteiger partial charge is 0.488 e. The van der Waals surface area contributed by atoms with E-state index >= 15 is 0 Å². The van der Waals surface area contributed by atoms with Crippen LogP contribution < -0.4 is 15.4 Å². The van der Waals surface area contributed by atoms with Gasteiger partial charge in [-0.2, -0.15) is 0 Å². The summed E-state index contributed by atoms with van der Waals surface area (Å²) in [6, 6.07) is 21.9. The Morgan fingerprint density at radius 2 is 1.46 bits per heavy atom. The monoisotopic (exact) mass is 504 g/mol. The van der Waals surface area contributed by atoms with Gasteiger partial charge in [0, 0.05) is 18.5 Å². The lowest BCUT2D eigenvalue weighted by Crippen LogP contribution is -2.42. The van der Waals surface area contributed by atoms with Crippen LogP contribution in [0.15, 0.2) is 78.9 Å². The molecule has 3 aromatic carbocycles. The maximum Gasteiger partial charge on any atom is 0.407 e. The molecule has 0 unspecified atom stereocenters. The second-order valence-corrected chi connectivity index (χ2v) is 9.54. The molecular formula is C29H32N2O6. The van der Waals surface area contributed by atoms with Gasteiger partial charge in [0.1, 0.15) is 24.0 Å². The van der Waals surface area contributed by atoms with E-state index in [4.69, 9.17) is 9.47 Å². The predicted octanol–water partition coefficient (Wildman–Crippen LogP) is 4.72. The Labute approximate surface area is 216 Å². The lowest BCUT2D eigenvalue weighted by atomic mass is 10.0. The molecule has 0 bridgehead atoms. The van der Waals surface area contributed by atoms with E-state index in [1.807, 2.05) is 51.1 Å². The van der Waals surface area contributed by atoms with E-state index in [2.05, 4.69) is 10.6 Å². The second-order valence-electron chi connectivity index (χ2n) is 9.54. The zero-order chi connectivity index (χ0) is 26.8. The standard InChI is InChI=1S/C29H32N2O6/c1-29(2,3)37-24-15-11-20(12-16-24)17-25(27(33)34)31-26(32)23-13-9-21(10-14-23)18-30-28(35)36-19-22-7-5-4-6-8-22/h4-16,25H,17-19H2,1-3H3,(H,30,35)(H,31,32)(H,33,34)/t25-/m0/s1. The number of carbonyl (C=O) groups excluding carboxylic acids is 2. The Morgan fingerprint density at radius 1 is 0.838 bits per heavy atom. The minimum Gasteiger partial charge on any atom is -0.488 e. The molecule has 1 atom stereocenters. The summed E-state index contributed by atoms with van der Waals surface area (Å²) in [4.78, 5) is 36.4. The summed E-state index contributed by atoms with van der Waals surface area (Å²) in [6.07, 6.45) is -0.419. The summed E-state index contributed by atoms with van der Waals surface area (Å²) in [5, 5.41) is 14.9. The maximum atomic E-state index is 12.7. The van der Waals surface area contributed by atoms with Gasteiger partial charge in [0.05, 0.1) is 0 Å². The van der Waals surface area contributed by atoms with Crippen molar-refractivity contribution in [3.8, 4) is 5.75 Å². The fraction of sp³-hybridized carbons (Fsp3) is 0.276. The number of aliphatic carboxylic acids is 1. The van der Waals surface area contributed by atoms with Gasteiger partial charge in [-0.1, -0.05) is 54.6 Å². The highest BCUT2D eigenvalue weighted by Gasteiger charge is 2.21. The number of benzene rings is 3. The van der Waals surface area contributed by atoms with Crippen LogP contribution in [0.25, 0.3) is 0 Å². The van der Waals surface area contributed by atoms with Crippen LogP contribution in [-0.4, -0.2) is 34.7 Å². The van der Waals surface area contributed by atoms with Gasteiger partial charge in [-0.25, -0.2) is 9.59 Å². The molecule has 2 amide bonds. The van der Waals surface area contributed by atoms with Crippen molar-refractivity contribution >= 4 is 18.0 Å². The second kappa shape index (κ2) is 12.6. The molecule has 8 nitrogen and oxygen atoms in total. The van der Waals surface area contributed by atoms with Gasteiger partial charge in [-0.05, 0) is 61.7 Å². The molecule has 0 spiro atoms. The Morgan fingerprint density at radius 3 is 2.05 bits per heavy atom. The molecule has 0 heterocycles. The van der Waals surface area contributed by atoms with Crippen molar-refractivity contribution in [2.45, 2.75) is 52.0 Å². The van der Waals surface area contributed by atoms with Gasteiger partial charge in [0.15, 0.2) is 0 Å². The van der Waals surface area contributed by atoms with Crippen LogP contribution in [0.1, 0.15) is 47.8 Å². The highest BCUT2D eigenvalue weighted by molar-refractivity contribution is 5.96. The predicted molar refractivity (Wildman–Crippen MR) is 139 cm³/mol. The van der Waals surface area contributed by atoms with Gasteiger partial charge in [0.2, 0.25) is 0 Å². The number of alkyl carbamates (subject to hydrolysis) is 1. The topological polar surface area (TPSA) is 114 Å². The molecule has 0 aliphatic heterocycles. The van der Waals surface area contributed by atoms with Crippen LogP contribution in [0, 0.1) is 0 Å². The lowest BCUT2D eigenvalue weighted by molar-refractivity contribution is -0.139. The Hall–Kier alpha value is -4.33. The molecule has 3 aromatic rings. The highest BCUT2D eigenvalue weighted by Crippen LogP contribution is 2.19. The number of carboxylic acid groups (broad SMARTS) is 1. The van der Waals surface area contributed by atoms with E-state index in [1.54, 1.807) is 48.5 Å². The van der Waals surface area contributed by atoms with Crippen molar-refractivity contribution in [3.05, 3.63) is 101 Å². The number of carbonyl (C=O) groups is 3. The Kier molecular flexibility index (Phi) is 9.27. The van der Waals surface area contributed by atoms with Crippen LogP contribution in [-0.2, 0) is 29.1 Å². The van der Waals surface area contributed by atoms with E-state index in [9.17, 15) is 19.5 Å². The van der Waals surface area contributed by atoms with E-state index < -0.39 is 24.0 Å². The van der Waals surface area contributed by atoms with E-state index in [0.717, 1.165) is 16.7 Å². The average molecular weight is 505 g/mol. The smallest absolute Gasteiger partial charge is 0.407 e. The molecular weight excluding hydrogens is 472 g/mol.